The second-order valence-electron chi connectivity index (χ2n) is 3.56. The molecule has 0 unspecified atom stereocenters. The third-order valence-electron chi connectivity index (χ3n) is 2.50. The van der Waals surface area contributed by atoms with Gasteiger partial charge in [0.05, 0.1) is 11.0 Å². The lowest BCUT2D eigenvalue weighted by atomic mass is 10.3. The van der Waals surface area contributed by atoms with Crippen molar-refractivity contribution in [3.63, 3.8) is 0 Å². The van der Waals surface area contributed by atoms with Crippen molar-refractivity contribution < 1.29 is 0 Å². The number of fused-ring (bicyclic) bond motifs is 3. The Morgan fingerprint density at radius 2 is 2.13 bits per heavy atom. The van der Waals surface area contributed by atoms with Crippen molar-refractivity contribution in [2.24, 2.45) is 0 Å². The van der Waals surface area contributed by atoms with E-state index in [1.54, 1.807) is 6.92 Å². The summed E-state index contributed by atoms with van der Waals surface area (Å²) in [5.41, 5.74) is 2.49. The minimum absolute atomic E-state index is 0.0854. The molecule has 15 heavy (non-hydrogen) atoms. The molecule has 0 aliphatic heterocycles. The SMILES string of the molecule is Cc1cn2c(nc3ccccc32)[nH]c1=O. The average Bonchev–Trinajstić information content (AvgIpc) is 2.57. The lowest BCUT2D eigenvalue weighted by Gasteiger charge is -1.95. The highest BCUT2D eigenvalue weighted by Gasteiger charge is 2.04. The number of aryl methyl sites for hydroxylation is 1. The summed E-state index contributed by atoms with van der Waals surface area (Å²) in [6.45, 7) is 1.78. The molecule has 1 aromatic carbocycles. The minimum atomic E-state index is -0.0854. The van der Waals surface area contributed by atoms with E-state index in [1.165, 1.54) is 0 Å². The van der Waals surface area contributed by atoms with Crippen LogP contribution in [0.3, 0.4) is 0 Å². The third-order valence-corrected chi connectivity index (χ3v) is 2.50. The monoisotopic (exact) mass is 199 g/mol. The number of hydrogen-bond donors (Lipinski definition) is 1. The number of nitrogens with zero attached hydrogens (tertiary/aromatic N) is 2. The highest BCUT2D eigenvalue weighted by molar-refractivity contribution is 5.79. The highest BCUT2D eigenvalue weighted by atomic mass is 16.1. The summed E-state index contributed by atoms with van der Waals surface area (Å²) >= 11 is 0. The van der Waals surface area contributed by atoms with E-state index in [9.17, 15) is 4.79 Å². The summed E-state index contributed by atoms with van der Waals surface area (Å²) in [6, 6.07) is 7.79. The number of rotatable bonds is 0. The zero-order valence-corrected chi connectivity index (χ0v) is 8.19. The molecular formula is C11H9N3O. The van der Waals surface area contributed by atoms with Crippen molar-refractivity contribution in [3.8, 4) is 0 Å². The molecule has 0 aliphatic carbocycles. The van der Waals surface area contributed by atoms with E-state index < -0.39 is 0 Å². The first-order chi connectivity index (χ1) is 7.25. The first kappa shape index (κ1) is 8.23. The summed E-state index contributed by atoms with van der Waals surface area (Å²) in [6.07, 6.45) is 1.81. The standard InChI is InChI=1S/C11H9N3O/c1-7-6-14-9-5-3-2-4-8(9)12-11(14)13-10(7)15/h2-6H,1H3,(H,12,13,15). The molecule has 1 N–H and O–H groups in total. The van der Waals surface area contributed by atoms with Gasteiger partial charge in [-0.2, -0.15) is 0 Å². The molecule has 0 aliphatic rings. The fourth-order valence-corrected chi connectivity index (χ4v) is 1.72. The Labute approximate surface area is 85.2 Å². The number of aromatic nitrogens is 3. The molecule has 2 aromatic heterocycles. The Morgan fingerprint density at radius 1 is 1.33 bits per heavy atom. The topological polar surface area (TPSA) is 50.2 Å². The number of hydrogen-bond acceptors (Lipinski definition) is 2. The van der Waals surface area contributed by atoms with Crippen molar-refractivity contribution in [2.45, 2.75) is 6.92 Å². The van der Waals surface area contributed by atoms with Gasteiger partial charge in [0, 0.05) is 11.8 Å². The molecule has 0 saturated heterocycles. The van der Waals surface area contributed by atoms with Crippen LogP contribution in [-0.4, -0.2) is 14.4 Å². The zero-order valence-electron chi connectivity index (χ0n) is 8.19. The molecule has 0 spiro atoms. The van der Waals surface area contributed by atoms with E-state index in [1.807, 2.05) is 34.9 Å². The van der Waals surface area contributed by atoms with E-state index in [4.69, 9.17) is 0 Å². The Balaban J connectivity index is 2.61. The molecule has 0 fully saturated rings. The largest absolute Gasteiger partial charge is 0.292 e. The number of aromatic amines is 1. The van der Waals surface area contributed by atoms with Crippen LogP contribution in [0, 0.1) is 6.92 Å². The molecule has 74 valence electrons. The van der Waals surface area contributed by atoms with E-state index in [-0.39, 0.29) is 5.56 Å². The molecule has 2 heterocycles. The van der Waals surface area contributed by atoms with Gasteiger partial charge in [0.1, 0.15) is 0 Å². The lowest BCUT2D eigenvalue weighted by molar-refractivity contribution is 1.06. The van der Waals surface area contributed by atoms with Crippen molar-refractivity contribution >= 4 is 16.8 Å². The number of para-hydroxylation sites is 2. The normalized spacial score (nSPS) is 11.3. The summed E-state index contributed by atoms with van der Waals surface area (Å²) in [5.74, 6) is 0.590. The highest BCUT2D eigenvalue weighted by Crippen LogP contribution is 2.13. The molecule has 0 amide bonds. The predicted molar refractivity (Wildman–Crippen MR) is 58.1 cm³/mol. The number of H-pyrrole nitrogens is 1. The van der Waals surface area contributed by atoms with E-state index >= 15 is 0 Å². The second kappa shape index (κ2) is 2.70. The molecule has 0 atom stereocenters. The van der Waals surface area contributed by atoms with Gasteiger partial charge < -0.3 is 0 Å². The van der Waals surface area contributed by atoms with Crippen LogP contribution < -0.4 is 5.56 Å². The Morgan fingerprint density at radius 3 is 3.00 bits per heavy atom. The smallest absolute Gasteiger partial charge is 0.255 e. The summed E-state index contributed by atoms with van der Waals surface area (Å²) < 4.78 is 1.89. The maximum atomic E-state index is 11.4. The van der Waals surface area contributed by atoms with Gasteiger partial charge >= 0.3 is 0 Å². The number of benzene rings is 1. The van der Waals surface area contributed by atoms with E-state index in [2.05, 4.69) is 9.97 Å². The van der Waals surface area contributed by atoms with Crippen molar-refractivity contribution in [2.75, 3.05) is 0 Å². The molecule has 0 radical (unpaired) electrons. The lowest BCUT2D eigenvalue weighted by Crippen LogP contribution is -2.11. The van der Waals surface area contributed by atoms with Crippen molar-refractivity contribution in [1.82, 2.24) is 14.4 Å². The number of nitrogens with one attached hydrogen (secondary N) is 1. The van der Waals surface area contributed by atoms with Crippen LogP contribution in [0.1, 0.15) is 5.56 Å². The van der Waals surface area contributed by atoms with Crippen LogP contribution >= 0.6 is 0 Å². The van der Waals surface area contributed by atoms with Gasteiger partial charge in [-0.25, -0.2) is 4.98 Å². The van der Waals surface area contributed by atoms with Crippen LogP contribution in [0.4, 0.5) is 0 Å². The van der Waals surface area contributed by atoms with Gasteiger partial charge in [-0.15, -0.1) is 0 Å². The first-order valence-corrected chi connectivity index (χ1v) is 4.72. The minimum Gasteiger partial charge on any atom is -0.292 e. The van der Waals surface area contributed by atoms with Crippen molar-refractivity contribution in [3.05, 3.63) is 46.4 Å². The Kier molecular flexibility index (Phi) is 1.48. The van der Waals surface area contributed by atoms with Crippen LogP contribution in [-0.2, 0) is 0 Å². The maximum Gasteiger partial charge on any atom is 0.255 e. The third kappa shape index (κ3) is 1.08. The van der Waals surface area contributed by atoms with Gasteiger partial charge in [-0.3, -0.25) is 14.2 Å². The molecular weight excluding hydrogens is 190 g/mol. The Bertz CT molecular complexity index is 708. The molecule has 3 rings (SSSR count). The van der Waals surface area contributed by atoms with Gasteiger partial charge in [0.25, 0.3) is 5.56 Å². The van der Waals surface area contributed by atoms with Crippen molar-refractivity contribution in [1.29, 1.82) is 0 Å². The summed E-state index contributed by atoms with van der Waals surface area (Å²) in [7, 11) is 0. The zero-order chi connectivity index (χ0) is 10.4. The van der Waals surface area contributed by atoms with Gasteiger partial charge in [0.2, 0.25) is 5.78 Å². The first-order valence-electron chi connectivity index (χ1n) is 4.72. The van der Waals surface area contributed by atoms with E-state index in [0.29, 0.717) is 11.3 Å². The molecule has 3 aromatic rings. The number of imidazole rings is 1. The predicted octanol–water partition coefficient (Wildman–Crippen LogP) is 1.48. The second-order valence-corrected chi connectivity index (χ2v) is 3.56. The molecule has 4 heteroatoms. The van der Waals surface area contributed by atoms with Crippen LogP contribution in [0.25, 0.3) is 16.8 Å². The average molecular weight is 199 g/mol. The van der Waals surface area contributed by atoms with Gasteiger partial charge in [-0.05, 0) is 19.1 Å². The van der Waals surface area contributed by atoms with Gasteiger partial charge in [0.15, 0.2) is 0 Å². The quantitative estimate of drug-likeness (QED) is 0.596. The van der Waals surface area contributed by atoms with E-state index in [0.717, 1.165) is 11.0 Å². The van der Waals surface area contributed by atoms with Crippen LogP contribution in [0.15, 0.2) is 35.3 Å². The molecule has 4 nitrogen and oxygen atoms in total. The summed E-state index contributed by atoms with van der Waals surface area (Å²) in [5, 5.41) is 0. The van der Waals surface area contributed by atoms with Gasteiger partial charge in [-0.1, -0.05) is 12.1 Å². The van der Waals surface area contributed by atoms with Crippen LogP contribution in [0.2, 0.25) is 0 Å². The molecule has 0 saturated carbocycles. The molecule has 0 bridgehead atoms. The fourth-order valence-electron chi connectivity index (χ4n) is 1.72. The summed E-state index contributed by atoms with van der Waals surface area (Å²) in [4.78, 5) is 18.5. The Hall–Kier alpha value is -2.10. The fraction of sp³-hybridized carbons (Fsp3) is 0.0909. The van der Waals surface area contributed by atoms with Crippen LogP contribution in [0.5, 0.6) is 0 Å². The maximum absolute atomic E-state index is 11.4.